The van der Waals surface area contributed by atoms with Crippen LogP contribution in [0.5, 0.6) is 0 Å². The molecule has 0 bridgehead atoms. The number of likely N-dealkylation sites (N-methyl/N-ethyl adjacent to an activating group) is 1. The number of aromatic nitrogens is 2. The number of nitrogens with zero attached hydrogens (tertiary/aromatic N) is 2. The molecule has 2 heterocycles. The minimum Gasteiger partial charge on any atom is -0.379 e. The highest BCUT2D eigenvalue weighted by Crippen LogP contribution is 2.25. The first-order valence-electron chi connectivity index (χ1n) is 6.52. The maximum absolute atomic E-state index is 5.47. The summed E-state index contributed by atoms with van der Waals surface area (Å²) < 4.78 is 16.3. The molecule has 6 nitrogen and oxygen atoms in total. The van der Waals surface area contributed by atoms with Gasteiger partial charge in [0, 0.05) is 12.6 Å². The monoisotopic (exact) mass is 255 g/mol. The smallest absolute Gasteiger partial charge is 0.233 e. The van der Waals surface area contributed by atoms with Crippen LogP contribution in [-0.2, 0) is 9.47 Å². The van der Waals surface area contributed by atoms with Crippen LogP contribution in [0.25, 0.3) is 0 Å². The van der Waals surface area contributed by atoms with E-state index in [4.69, 9.17) is 14.0 Å². The molecule has 1 aliphatic heterocycles. The molecule has 102 valence electrons. The first kappa shape index (κ1) is 13.5. The Morgan fingerprint density at radius 2 is 2.28 bits per heavy atom. The van der Waals surface area contributed by atoms with Crippen LogP contribution < -0.4 is 5.32 Å². The van der Waals surface area contributed by atoms with Crippen LogP contribution in [0.2, 0.25) is 0 Å². The molecule has 0 aromatic carbocycles. The van der Waals surface area contributed by atoms with E-state index in [9.17, 15) is 0 Å². The fourth-order valence-corrected chi connectivity index (χ4v) is 2.15. The van der Waals surface area contributed by atoms with Crippen LogP contribution >= 0.6 is 0 Å². The number of rotatable bonds is 6. The van der Waals surface area contributed by atoms with E-state index < -0.39 is 0 Å². The van der Waals surface area contributed by atoms with Gasteiger partial charge in [0.2, 0.25) is 5.89 Å². The lowest BCUT2D eigenvalue weighted by Crippen LogP contribution is -2.34. The molecule has 1 aromatic heterocycles. The fourth-order valence-electron chi connectivity index (χ4n) is 2.15. The molecule has 1 saturated heterocycles. The molecule has 0 amide bonds. The van der Waals surface area contributed by atoms with Gasteiger partial charge in [-0.25, -0.2) is 0 Å². The predicted molar refractivity (Wildman–Crippen MR) is 65.4 cm³/mol. The molecule has 1 fully saturated rings. The minimum atomic E-state index is -0.132. The summed E-state index contributed by atoms with van der Waals surface area (Å²) in [5.74, 6) is 1.38. The van der Waals surface area contributed by atoms with Gasteiger partial charge in [-0.05, 0) is 20.4 Å². The molecule has 0 radical (unpaired) electrons. The minimum absolute atomic E-state index is 0.132. The fraction of sp³-hybridized carbons (Fsp3) is 0.833. The Labute approximate surface area is 107 Å². The molecule has 6 heteroatoms. The Bertz CT molecular complexity index is 369. The van der Waals surface area contributed by atoms with Gasteiger partial charge in [0.1, 0.15) is 6.10 Å². The lowest BCUT2D eigenvalue weighted by molar-refractivity contribution is 0.0683. The zero-order valence-corrected chi connectivity index (χ0v) is 11.2. The summed E-state index contributed by atoms with van der Waals surface area (Å²) >= 11 is 0. The molecule has 0 aliphatic carbocycles. The first-order valence-corrected chi connectivity index (χ1v) is 6.52. The maximum Gasteiger partial charge on any atom is 0.233 e. The van der Waals surface area contributed by atoms with Gasteiger partial charge in [0.25, 0.3) is 0 Å². The second-order valence-electron chi connectivity index (χ2n) is 4.40. The van der Waals surface area contributed by atoms with E-state index in [1.165, 1.54) is 0 Å². The summed E-state index contributed by atoms with van der Waals surface area (Å²) in [4.78, 5) is 4.42. The van der Waals surface area contributed by atoms with Crippen molar-refractivity contribution in [1.82, 2.24) is 15.5 Å². The maximum atomic E-state index is 5.47. The second-order valence-corrected chi connectivity index (χ2v) is 4.40. The lowest BCUT2D eigenvalue weighted by Gasteiger charge is -2.14. The van der Waals surface area contributed by atoms with Crippen molar-refractivity contribution in [2.24, 2.45) is 0 Å². The summed E-state index contributed by atoms with van der Waals surface area (Å²) in [6.45, 7) is 8.80. The Morgan fingerprint density at radius 3 is 3.00 bits per heavy atom. The predicted octanol–water partition coefficient (Wildman–Crippen LogP) is 1.26. The Morgan fingerprint density at radius 1 is 1.44 bits per heavy atom. The lowest BCUT2D eigenvalue weighted by atomic mass is 10.0. The van der Waals surface area contributed by atoms with Crippen LogP contribution in [0.3, 0.4) is 0 Å². The van der Waals surface area contributed by atoms with E-state index in [0.29, 0.717) is 31.5 Å². The van der Waals surface area contributed by atoms with Gasteiger partial charge >= 0.3 is 0 Å². The van der Waals surface area contributed by atoms with Crippen molar-refractivity contribution < 1.29 is 14.0 Å². The molecule has 2 rings (SSSR count). The summed E-state index contributed by atoms with van der Waals surface area (Å²) in [6.07, 6.45) is -0.132. The SMILES string of the molecule is CCNC1COCC1c1nc(C(C)OCC)no1. The van der Waals surface area contributed by atoms with Crippen LogP contribution in [0, 0.1) is 0 Å². The highest BCUT2D eigenvalue weighted by Gasteiger charge is 2.33. The summed E-state index contributed by atoms with van der Waals surface area (Å²) in [5, 5.41) is 7.35. The zero-order chi connectivity index (χ0) is 13.0. The number of nitrogens with one attached hydrogen (secondary N) is 1. The molecular weight excluding hydrogens is 234 g/mol. The molecule has 1 aromatic rings. The van der Waals surface area contributed by atoms with Gasteiger partial charge in [-0.15, -0.1) is 0 Å². The van der Waals surface area contributed by atoms with Crippen molar-refractivity contribution in [1.29, 1.82) is 0 Å². The van der Waals surface area contributed by atoms with Crippen LogP contribution in [0.15, 0.2) is 4.52 Å². The van der Waals surface area contributed by atoms with E-state index in [1.807, 2.05) is 13.8 Å². The standard InChI is InChI=1S/C12H21N3O3/c1-4-13-10-7-16-6-9(10)12-14-11(15-18-12)8(3)17-5-2/h8-10,13H,4-7H2,1-3H3. The second kappa shape index (κ2) is 6.26. The molecule has 3 atom stereocenters. The van der Waals surface area contributed by atoms with E-state index in [0.717, 1.165) is 6.54 Å². The molecule has 18 heavy (non-hydrogen) atoms. The third-order valence-corrected chi connectivity index (χ3v) is 3.10. The van der Waals surface area contributed by atoms with Crippen LogP contribution in [0.4, 0.5) is 0 Å². The van der Waals surface area contributed by atoms with Crippen molar-refractivity contribution in [2.75, 3.05) is 26.4 Å². The Hall–Kier alpha value is -0.980. The summed E-state index contributed by atoms with van der Waals surface area (Å²) in [5.41, 5.74) is 0. The van der Waals surface area contributed by atoms with Gasteiger partial charge in [-0.2, -0.15) is 4.98 Å². The largest absolute Gasteiger partial charge is 0.379 e. The third kappa shape index (κ3) is 2.88. The first-order chi connectivity index (χ1) is 8.76. The van der Waals surface area contributed by atoms with Crippen LogP contribution in [-0.4, -0.2) is 42.5 Å². The van der Waals surface area contributed by atoms with Gasteiger partial charge in [-0.1, -0.05) is 12.1 Å². The van der Waals surface area contributed by atoms with Crippen molar-refractivity contribution in [3.05, 3.63) is 11.7 Å². The highest BCUT2D eigenvalue weighted by atomic mass is 16.5. The van der Waals surface area contributed by atoms with Gasteiger partial charge in [0.05, 0.1) is 19.1 Å². The van der Waals surface area contributed by atoms with Crippen molar-refractivity contribution in [3.63, 3.8) is 0 Å². The molecule has 1 N–H and O–H groups in total. The van der Waals surface area contributed by atoms with Gasteiger partial charge in [-0.3, -0.25) is 0 Å². The highest BCUT2D eigenvalue weighted by molar-refractivity contribution is 5.03. The van der Waals surface area contributed by atoms with E-state index in [2.05, 4.69) is 22.4 Å². The molecule has 3 unspecified atom stereocenters. The summed E-state index contributed by atoms with van der Waals surface area (Å²) in [7, 11) is 0. The topological polar surface area (TPSA) is 69.4 Å². The average molecular weight is 255 g/mol. The van der Waals surface area contributed by atoms with Crippen molar-refractivity contribution in [2.45, 2.75) is 38.8 Å². The molecule has 0 saturated carbocycles. The zero-order valence-electron chi connectivity index (χ0n) is 11.2. The number of hydrogen-bond donors (Lipinski definition) is 1. The van der Waals surface area contributed by atoms with E-state index in [-0.39, 0.29) is 18.1 Å². The number of ether oxygens (including phenoxy) is 2. The van der Waals surface area contributed by atoms with Gasteiger partial charge < -0.3 is 19.3 Å². The molecule has 0 spiro atoms. The van der Waals surface area contributed by atoms with Crippen molar-refractivity contribution >= 4 is 0 Å². The Kier molecular flexibility index (Phi) is 4.68. The molecule has 1 aliphatic rings. The Balaban J connectivity index is 2.04. The third-order valence-electron chi connectivity index (χ3n) is 3.10. The van der Waals surface area contributed by atoms with Crippen molar-refractivity contribution in [3.8, 4) is 0 Å². The van der Waals surface area contributed by atoms with E-state index >= 15 is 0 Å². The molecular formula is C12H21N3O3. The average Bonchev–Trinajstić information content (AvgIpc) is 2.97. The van der Waals surface area contributed by atoms with Gasteiger partial charge in [0.15, 0.2) is 5.82 Å². The quantitative estimate of drug-likeness (QED) is 0.825. The van der Waals surface area contributed by atoms with E-state index in [1.54, 1.807) is 0 Å². The summed E-state index contributed by atoms with van der Waals surface area (Å²) in [6, 6.07) is 0.255. The van der Waals surface area contributed by atoms with Crippen LogP contribution in [0.1, 0.15) is 44.5 Å². The number of hydrogen-bond acceptors (Lipinski definition) is 6. The normalized spacial score (nSPS) is 25.5.